The lowest BCUT2D eigenvalue weighted by Crippen LogP contribution is -2.22. The lowest BCUT2D eigenvalue weighted by molar-refractivity contribution is -0.153. The van der Waals surface area contributed by atoms with Gasteiger partial charge in [-0.3, -0.25) is 4.79 Å². The van der Waals surface area contributed by atoms with E-state index < -0.39 is 0 Å². The van der Waals surface area contributed by atoms with Gasteiger partial charge in [0.1, 0.15) is 6.10 Å². The van der Waals surface area contributed by atoms with Crippen molar-refractivity contribution in [3.63, 3.8) is 0 Å². The SMILES string of the molecule is O=C1CCCC(C/C=C\CCCCCCO)O1. The van der Waals surface area contributed by atoms with Gasteiger partial charge in [0, 0.05) is 19.4 Å². The Bertz CT molecular complexity index is 236. The molecule has 0 aromatic rings. The van der Waals surface area contributed by atoms with Gasteiger partial charge in [0.2, 0.25) is 0 Å². The second kappa shape index (κ2) is 9.23. The minimum Gasteiger partial charge on any atom is -0.462 e. The van der Waals surface area contributed by atoms with E-state index in [0.717, 1.165) is 38.5 Å². The van der Waals surface area contributed by atoms with Crippen LogP contribution < -0.4 is 0 Å². The van der Waals surface area contributed by atoms with Crippen LogP contribution in [-0.4, -0.2) is 23.8 Å². The standard InChI is InChI=1S/C14H24O3/c15-12-7-5-3-1-2-4-6-9-13-10-8-11-14(16)17-13/h4,6,13,15H,1-3,5,7-12H2/b6-4-. The molecule has 1 aliphatic rings. The van der Waals surface area contributed by atoms with E-state index in [9.17, 15) is 4.79 Å². The fourth-order valence-corrected chi connectivity index (χ4v) is 2.04. The van der Waals surface area contributed by atoms with E-state index >= 15 is 0 Å². The van der Waals surface area contributed by atoms with Crippen molar-refractivity contribution in [1.29, 1.82) is 0 Å². The van der Waals surface area contributed by atoms with Gasteiger partial charge < -0.3 is 9.84 Å². The zero-order chi connectivity index (χ0) is 12.3. The molecule has 3 nitrogen and oxygen atoms in total. The maximum absolute atomic E-state index is 11.0. The molecule has 3 heteroatoms. The highest BCUT2D eigenvalue weighted by Gasteiger charge is 2.18. The number of esters is 1. The number of hydrogen-bond donors (Lipinski definition) is 1. The van der Waals surface area contributed by atoms with E-state index in [1.54, 1.807) is 0 Å². The van der Waals surface area contributed by atoms with Crippen molar-refractivity contribution in [1.82, 2.24) is 0 Å². The minimum atomic E-state index is -0.0429. The lowest BCUT2D eigenvalue weighted by Gasteiger charge is -2.20. The van der Waals surface area contributed by atoms with Crippen LogP contribution in [-0.2, 0) is 9.53 Å². The van der Waals surface area contributed by atoms with E-state index in [-0.39, 0.29) is 12.1 Å². The maximum Gasteiger partial charge on any atom is 0.306 e. The molecule has 0 amide bonds. The molecule has 0 bridgehead atoms. The molecule has 17 heavy (non-hydrogen) atoms. The number of ether oxygens (including phenoxy) is 1. The van der Waals surface area contributed by atoms with E-state index in [0.29, 0.717) is 13.0 Å². The lowest BCUT2D eigenvalue weighted by atomic mass is 10.1. The Morgan fingerprint density at radius 1 is 1.24 bits per heavy atom. The van der Waals surface area contributed by atoms with Crippen LogP contribution in [0.5, 0.6) is 0 Å². The minimum absolute atomic E-state index is 0.0429. The van der Waals surface area contributed by atoms with E-state index in [1.165, 1.54) is 12.8 Å². The molecule has 0 aliphatic carbocycles. The number of carbonyl (C=O) groups excluding carboxylic acids is 1. The van der Waals surface area contributed by atoms with Crippen molar-refractivity contribution in [2.24, 2.45) is 0 Å². The summed E-state index contributed by atoms with van der Waals surface area (Å²) < 4.78 is 5.23. The molecule has 1 N–H and O–H groups in total. The van der Waals surface area contributed by atoms with Crippen LogP contribution in [0, 0.1) is 0 Å². The largest absolute Gasteiger partial charge is 0.462 e. The Balaban J connectivity index is 1.96. The molecule has 1 heterocycles. The molecule has 1 saturated heterocycles. The summed E-state index contributed by atoms with van der Waals surface area (Å²) in [4.78, 5) is 11.0. The van der Waals surface area contributed by atoms with Gasteiger partial charge >= 0.3 is 5.97 Å². The first-order valence-corrected chi connectivity index (χ1v) is 6.78. The molecule has 0 saturated carbocycles. The molecule has 1 rings (SSSR count). The number of carbonyl (C=O) groups is 1. The van der Waals surface area contributed by atoms with Crippen LogP contribution in [0.2, 0.25) is 0 Å². The average Bonchev–Trinajstić information content (AvgIpc) is 2.33. The Kier molecular flexibility index (Phi) is 7.72. The van der Waals surface area contributed by atoms with Crippen LogP contribution in [0.4, 0.5) is 0 Å². The predicted octanol–water partition coefficient (Wildman–Crippen LogP) is 2.97. The van der Waals surface area contributed by atoms with E-state index in [1.807, 2.05) is 0 Å². The third-order valence-corrected chi connectivity index (χ3v) is 3.05. The molecule has 0 aromatic heterocycles. The first kappa shape index (κ1) is 14.2. The number of cyclic esters (lactones) is 1. The summed E-state index contributed by atoms with van der Waals surface area (Å²) >= 11 is 0. The Labute approximate surface area is 104 Å². The zero-order valence-corrected chi connectivity index (χ0v) is 10.6. The van der Waals surface area contributed by atoms with Gasteiger partial charge in [0.15, 0.2) is 0 Å². The van der Waals surface area contributed by atoms with E-state index in [4.69, 9.17) is 9.84 Å². The molecule has 1 aliphatic heterocycles. The monoisotopic (exact) mass is 240 g/mol. The van der Waals surface area contributed by atoms with Gasteiger partial charge in [-0.05, 0) is 32.1 Å². The summed E-state index contributed by atoms with van der Waals surface area (Å²) in [7, 11) is 0. The molecule has 0 radical (unpaired) electrons. The predicted molar refractivity (Wildman–Crippen MR) is 67.7 cm³/mol. The molecular formula is C14H24O3. The van der Waals surface area contributed by atoms with Crippen LogP contribution in [0.3, 0.4) is 0 Å². The summed E-state index contributed by atoms with van der Waals surface area (Å²) in [6.45, 7) is 0.308. The highest BCUT2D eigenvalue weighted by Crippen LogP contribution is 2.17. The second-order valence-electron chi connectivity index (χ2n) is 4.64. The summed E-state index contributed by atoms with van der Waals surface area (Å²) in [5.74, 6) is -0.0429. The number of rotatable bonds is 8. The molecule has 98 valence electrons. The van der Waals surface area contributed by atoms with E-state index in [2.05, 4.69) is 12.2 Å². The highest BCUT2D eigenvalue weighted by molar-refractivity contribution is 5.70. The Morgan fingerprint density at radius 2 is 2.06 bits per heavy atom. The first-order chi connectivity index (χ1) is 8.33. The first-order valence-electron chi connectivity index (χ1n) is 6.78. The van der Waals surface area contributed by atoms with Crippen LogP contribution in [0.15, 0.2) is 12.2 Å². The Morgan fingerprint density at radius 3 is 2.82 bits per heavy atom. The quantitative estimate of drug-likeness (QED) is 0.403. The molecule has 1 unspecified atom stereocenters. The number of aliphatic hydroxyl groups excluding tert-OH is 1. The summed E-state index contributed by atoms with van der Waals surface area (Å²) in [5.41, 5.74) is 0. The zero-order valence-electron chi connectivity index (χ0n) is 10.6. The molecule has 0 spiro atoms. The normalized spacial score (nSPS) is 20.8. The molecule has 1 fully saturated rings. The number of allylic oxidation sites excluding steroid dienone is 1. The number of hydrogen-bond acceptors (Lipinski definition) is 3. The Hall–Kier alpha value is -0.830. The van der Waals surface area contributed by atoms with Crippen molar-refractivity contribution >= 4 is 5.97 Å². The van der Waals surface area contributed by atoms with Gasteiger partial charge in [-0.15, -0.1) is 0 Å². The average molecular weight is 240 g/mol. The molecule has 1 atom stereocenters. The van der Waals surface area contributed by atoms with Gasteiger partial charge in [-0.25, -0.2) is 0 Å². The van der Waals surface area contributed by atoms with Crippen molar-refractivity contribution in [3.8, 4) is 0 Å². The fourth-order valence-electron chi connectivity index (χ4n) is 2.04. The van der Waals surface area contributed by atoms with Gasteiger partial charge in [-0.1, -0.05) is 25.0 Å². The summed E-state index contributed by atoms with van der Waals surface area (Å²) in [5, 5.41) is 8.62. The van der Waals surface area contributed by atoms with Gasteiger partial charge in [0.25, 0.3) is 0 Å². The number of aliphatic hydroxyl groups is 1. The van der Waals surface area contributed by atoms with Crippen molar-refractivity contribution in [2.75, 3.05) is 6.61 Å². The van der Waals surface area contributed by atoms with Gasteiger partial charge in [0.05, 0.1) is 0 Å². The van der Waals surface area contributed by atoms with Crippen molar-refractivity contribution < 1.29 is 14.6 Å². The maximum atomic E-state index is 11.0. The van der Waals surface area contributed by atoms with Crippen LogP contribution >= 0.6 is 0 Å². The van der Waals surface area contributed by atoms with Crippen LogP contribution in [0.1, 0.15) is 57.8 Å². The second-order valence-corrected chi connectivity index (χ2v) is 4.64. The summed E-state index contributed by atoms with van der Waals surface area (Å²) in [6, 6.07) is 0. The van der Waals surface area contributed by atoms with Crippen LogP contribution in [0.25, 0.3) is 0 Å². The molecule has 0 aromatic carbocycles. The van der Waals surface area contributed by atoms with Gasteiger partial charge in [-0.2, -0.15) is 0 Å². The summed E-state index contributed by atoms with van der Waals surface area (Å²) in [6.07, 6.45) is 13.3. The topological polar surface area (TPSA) is 46.5 Å². The fraction of sp³-hybridized carbons (Fsp3) is 0.786. The number of unbranched alkanes of at least 4 members (excludes halogenated alkanes) is 4. The van der Waals surface area contributed by atoms with Crippen molar-refractivity contribution in [3.05, 3.63) is 12.2 Å². The third-order valence-electron chi connectivity index (χ3n) is 3.05. The third kappa shape index (κ3) is 7.16. The smallest absolute Gasteiger partial charge is 0.306 e. The van der Waals surface area contributed by atoms with Crippen molar-refractivity contribution in [2.45, 2.75) is 63.9 Å². The highest BCUT2D eigenvalue weighted by atomic mass is 16.5. The molecular weight excluding hydrogens is 216 g/mol.